The molecular weight excluding hydrogens is 352 g/mol. The number of nitrogens with two attached hydrogens (primary N) is 1. The molecule has 0 spiro atoms. The lowest BCUT2D eigenvalue weighted by atomic mass is 10.1. The standard InChI is InChI=1S/C22H22N4O2/c1-28-22-13-11-18(15-25-22)24-14-17-8-6-16(7-9-17)10-12-21(27)26-20-5-3-2-4-19(20)23/h2-13,15,24H,14,23H2,1H3,(H,26,27). The van der Waals surface area contributed by atoms with Gasteiger partial charge in [0.05, 0.1) is 30.4 Å². The molecule has 0 aliphatic carbocycles. The third-order valence-corrected chi connectivity index (χ3v) is 4.07. The summed E-state index contributed by atoms with van der Waals surface area (Å²) in [5, 5.41) is 6.07. The first-order valence-electron chi connectivity index (χ1n) is 8.80. The monoisotopic (exact) mass is 374 g/mol. The third kappa shape index (κ3) is 5.35. The lowest BCUT2D eigenvalue weighted by Crippen LogP contribution is -2.09. The highest BCUT2D eigenvalue weighted by Crippen LogP contribution is 2.17. The minimum atomic E-state index is -0.226. The van der Waals surface area contributed by atoms with E-state index in [9.17, 15) is 4.79 Å². The molecule has 2 aromatic carbocycles. The van der Waals surface area contributed by atoms with E-state index in [-0.39, 0.29) is 5.91 Å². The van der Waals surface area contributed by atoms with Crippen molar-refractivity contribution >= 4 is 29.0 Å². The number of carbonyl (C=O) groups is 1. The predicted octanol–water partition coefficient (Wildman–Crippen LogP) is 3.94. The van der Waals surface area contributed by atoms with Crippen LogP contribution in [0.3, 0.4) is 0 Å². The number of nitrogens with one attached hydrogen (secondary N) is 2. The van der Waals surface area contributed by atoms with Crippen molar-refractivity contribution in [3.8, 4) is 5.88 Å². The Morgan fingerprint density at radius 1 is 1.11 bits per heavy atom. The zero-order valence-electron chi connectivity index (χ0n) is 15.6. The largest absolute Gasteiger partial charge is 0.481 e. The van der Waals surface area contributed by atoms with Gasteiger partial charge in [0.25, 0.3) is 0 Å². The van der Waals surface area contributed by atoms with Gasteiger partial charge in [-0.1, -0.05) is 36.4 Å². The maximum Gasteiger partial charge on any atom is 0.248 e. The molecule has 0 unspecified atom stereocenters. The fourth-order valence-electron chi connectivity index (χ4n) is 2.51. The summed E-state index contributed by atoms with van der Waals surface area (Å²) >= 11 is 0. The Balaban J connectivity index is 1.52. The number of hydrogen-bond donors (Lipinski definition) is 3. The van der Waals surface area contributed by atoms with E-state index in [1.807, 2.05) is 48.5 Å². The van der Waals surface area contributed by atoms with E-state index in [1.165, 1.54) is 6.08 Å². The third-order valence-electron chi connectivity index (χ3n) is 4.07. The summed E-state index contributed by atoms with van der Waals surface area (Å²) in [6.45, 7) is 0.672. The summed E-state index contributed by atoms with van der Waals surface area (Å²) in [5.41, 5.74) is 9.94. The number of para-hydroxylation sites is 2. The first kappa shape index (κ1) is 19.0. The van der Waals surface area contributed by atoms with E-state index in [4.69, 9.17) is 10.5 Å². The first-order valence-corrected chi connectivity index (χ1v) is 8.80. The molecule has 142 valence electrons. The van der Waals surface area contributed by atoms with Crippen LogP contribution in [0.2, 0.25) is 0 Å². The van der Waals surface area contributed by atoms with Gasteiger partial charge < -0.3 is 21.1 Å². The van der Waals surface area contributed by atoms with Crippen LogP contribution in [0, 0.1) is 0 Å². The van der Waals surface area contributed by atoms with Crippen molar-refractivity contribution in [1.29, 1.82) is 0 Å². The summed E-state index contributed by atoms with van der Waals surface area (Å²) in [5.74, 6) is 0.358. The Bertz CT molecular complexity index is 951. The highest BCUT2D eigenvalue weighted by molar-refractivity contribution is 6.03. The van der Waals surface area contributed by atoms with Crippen LogP contribution in [0.1, 0.15) is 11.1 Å². The van der Waals surface area contributed by atoms with Crippen LogP contribution >= 0.6 is 0 Å². The molecule has 1 heterocycles. The molecule has 3 rings (SSSR count). The number of ether oxygens (including phenoxy) is 1. The maximum atomic E-state index is 12.0. The molecule has 4 N–H and O–H groups in total. The number of amides is 1. The topological polar surface area (TPSA) is 89.3 Å². The number of methoxy groups -OCH3 is 1. The van der Waals surface area contributed by atoms with Gasteiger partial charge in [0.2, 0.25) is 11.8 Å². The average Bonchev–Trinajstić information content (AvgIpc) is 2.73. The molecule has 0 fully saturated rings. The molecule has 0 aliphatic rings. The van der Waals surface area contributed by atoms with Crippen LogP contribution < -0.4 is 21.1 Å². The number of hydrogen-bond acceptors (Lipinski definition) is 5. The van der Waals surface area contributed by atoms with Crippen molar-refractivity contribution in [2.75, 3.05) is 23.5 Å². The molecule has 0 saturated carbocycles. The van der Waals surface area contributed by atoms with Gasteiger partial charge in [0.1, 0.15) is 0 Å². The number of aromatic nitrogens is 1. The number of nitrogens with zero attached hydrogens (tertiary/aromatic N) is 1. The second-order valence-corrected chi connectivity index (χ2v) is 6.09. The van der Waals surface area contributed by atoms with Gasteiger partial charge in [-0.2, -0.15) is 0 Å². The molecule has 6 heteroatoms. The van der Waals surface area contributed by atoms with Gasteiger partial charge in [0, 0.05) is 18.7 Å². The Morgan fingerprint density at radius 3 is 2.57 bits per heavy atom. The SMILES string of the molecule is COc1ccc(NCc2ccc(C=CC(=O)Nc3ccccc3N)cc2)cn1. The summed E-state index contributed by atoms with van der Waals surface area (Å²) in [6.07, 6.45) is 4.98. The molecule has 1 amide bonds. The van der Waals surface area contributed by atoms with Gasteiger partial charge in [-0.15, -0.1) is 0 Å². The van der Waals surface area contributed by atoms with Crippen LogP contribution in [0.4, 0.5) is 17.1 Å². The lowest BCUT2D eigenvalue weighted by molar-refractivity contribution is -0.111. The number of rotatable bonds is 7. The van der Waals surface area contributed by atoms with E-state index < -0.39 is 0 Å². The van der Waals surface area contributed by atoms with Crippen molar-refractivity contribution < 1.29 is 9.53 Å². The van der Waals surface area contributed by atoms with Gasteiger partial charge >= 0.3 is 0 Å². The maximum absolute atomic E-state index is 12.0. The molecule has 0 radical (unpaired) electrons. The molecular formula is C22H22N4O2. The van der Waals surface area contributed by atoms with Gasteiger partial charge in [-0.3, -0.25) is 4.79 Å². The Labute approximate surface area is 164 Å². The van der Waals surface area contributed by atoms with Gasteiger partial charge in [-0.25, -0.2) is 4.98 Å². The molecule has 28 heavy (non-hydrogen) atoms. The minimum absolute atomic E-state index is 0.226. The quantitative estimate of drug-likeness (QED) is 0.431. The second-order valence-electron chi connectivity index (χ2n) is 6.09. The van der Waals surface area contributed by atoms with Crippen LogP contribution in [0.5, 0.6) is 5.88 Å². The van der Waals surface area contributed by atoms with E-state index in [0.29, 0.717) is 23.8 Å². The summed E-state index contributed by atoms with van der Waals surface area (Å²) in [6, 6.07) is 18.8. The molecule has 0 aliphatic heterocycles. The van der Waals surface area contributed by atoms with Crippen molar-refractivity contribution in [2.45, 2.75) is 6.54 Å². The first-order chi connectivity index (χ1) is 13.6. The van der Waals surface area contributed by atoms with E-state index in [1.54, 1.807) is 31.5 Å². The molecule has 0 atom stereocenters. The van der Waals surface area contributed by atoms with Gasteiger partial charge in [0.15, 0.2) is 0 Å². The smallest absolute Gasteiger partial charge is 0.248 e. The predicted molar refractivity (Wildman–Crippen MR) is 113 cm³/mol. The fraction of sp³-hybridized carbons (Fsp3) is 0.0909. The Kier molecular flexibility index (Phi) is 6.25. The van der Waals surface area contributed by atoms with Crippen LogP contribution in [0.25, 0.3) is 6.08 Å². The minimum Gasteiger partial charge on any atom is -0.481 e. The summed E-state index contributed by atoms with van der Waals surface area (Å²) < 4.78 is 5.04. The van der Waals surface area contributed by atoms with E-state index >= 15 is 0 Å². The second kappa shape index (κ2) is 9.23. The van der Waals surface area contributed by atoms with E-state index in [0.717, 1.165) is 16.8 Å². The highest BCUT2D eigenvalue weighted by Gasteiger charge is 2.01. The molecule has 1 aromatic heterocycles. The fourth-order valence-corrected chi connectivity index (χ4v) is 2.51. The van der Waals surface area contributed by atoms with Crippen molar-refractivity contribution in [3.63, 3.8) is 0 Å². The normalized spacial score (nSPS) is 10.6. The van der Waals surface area contributed by atoms with Crippen molar-refractivity contribution in [1.82, 2.24) is 4.98 Å². The zero-order chi connectivity index (χ0) is 19.8. The number of pyridine rings is 1. The summed E-state index contributed by atoms with van der Waals surface area (Å²) in [4.78, 5) is 16.2. The van der Waals surface area contributed by atoms with Crippen LogP contribution in [0.15, 0.2) is 72.9 Å². The van der Waals surface area contributed by atoms with Crippen LogP contribution in [-0.2, 0) is 11.3 Å². The lowest BCUT2D eigenvalue weighted by Gasteiger charge is -2.07. The molecule has 0 saturated heterocycles. The van der Waals surface area contributed by atoms with Crippen molar-refractivity contribution in [3.05, 3.63) is 84.1 Å². The van der Waals surface area contributed by atoms with Crippen LogP contribution in [-0.4, -0.2) is 18.0 Å². The highest BCUT2D eigenvalue weighted by atomic mass is 16.5. The van der Waals surface area contributed by atoms with Gasteiger partial charge in [-0.05, 0) is 35.4 Å². The molecule has 3 aromatic rings. The van der Waals surface area contributed by atoms with Crippen molar-refractivity contribution in [2.24, 2.45) is 0 Å². The molecule has 0 bridgehead atoms. The number of benzene rings is 2. The van der Waals surface area contributed by atoms with E-state index in [2.05, 4.69) is 15.6 Å². The molecule has 6 nitrogen and oxygen atoms in total. The number of nitrogen functional groups attached to an aromatic ring is 1. The Hall–Kier alpha value is -3.80. The number of carbonyl (C=O) groups excluding carboxylic acids is 1. The zero-order valence-corrected chi connectivity index (χ0v) is 15.6. The Morgan fingerprint density at radius 2 is 1.89 bits per heavy atom. The summed E-state index contributed by atoms with van der Waals surface area (Å²) in [7, 11) is 1.59. The number of anilines is 3. The average molecular weight is 374 g/mol.